The standard InChI is InChI=1S/C14H20N2O3/c1-18-13-4-2-12(3-5-13)16-14(17)9-15-8-11-6-7-19-10-11/h2-5,11,15H,6-10H2,1H3,(H,16,17). The van der Waals surface area contributed by atoms with Crippen LogP contribution in [0.15, 0.2) is 24.3 Å². The van der Waals surface area contributed by atoms with Crippen LogP contribution in [0, 0.1) is 5.92 Å². The first-order chi connectivity index (χ1) is 9.28. The fourth-order valence-corrected chi connectivity index (χ4v) is 2.01. The number of rotatable bonds is 6. The highest BCUT2D eigenvalue weighted by Crippen LogP contribution is 2.14. The summed E-state index contributed by atoms with van der Waals surface area (Å²) < 4.78 is 10.3. The van der Waals surface area contributed by atoms with Crippen molar-refractivity contribution in [3.63, 3.8) is 0 Å². The first-order valence-corrected chi connectivity index (χ1v) is 6.50. The lowest BCUT2D eigenvalue weighted by atomic mass is 10.1. The normalized spacial score (nSPS) is 18.3. The molecule has 1 amide bonds. The number of nitrogens with one attached hydrogen (secondary N) is 2. The van der Waals surface area contributed by atoms with E-state index >= 15 is 0 Å². The molecule has 0 spiro atoms. The van der Waals surface area contributed by atoms with Crippen LogP contribution < -0.4 is 15.4 Å². The Balaban J connectivity index is 1.68. The molecule has 1 atom stereocenters. The number of anilines is 1. The molecule has 1 aliphatic rings. The number of carbonyl (C=O) groups excluding carboxylic acids is 1. The smallest absolute Gasteiger partial charge is 0.238 e. The molecule has 0 bridgehead atoms. The first-order valence-electron chi connectivity index (χ1n) is 6.50. The second kappa shape index (κ2) is 7.11. The van der Waals surface area contributed by atoms with Gasteiger partial charge in [-0.05, 0) is 36.6 Å². The quantitative estimate of drug-likeness (QED) is 0.812. The van der Waals surface area contributed by atoms with Gasteiger partial charge in [0, 0.05) is 18.8 Å². The average Bonchev–Trinajstić information content (AvgIpc) is 2.93. The minimum absolute atomic E-state index is 0.0379. The van der Waals surface area contributed by atoms with Gasteiger partial charge in [-0.25, -0.2) is 0 Å². The Morgan fingerprint density at radius 3 is 2.84 bits per heavy atom. The van der Waals surface area contributed by atoms with Crippen LogP contribution in [-0.4, -0.2) is 39.3 Å². The van der Waals surface area contributed by atoms with Crippen LogP contribution in [0.4, 0.5) is 5.69 Å². The van der Waals surface area contributed by atoms with Gasteiger partial charge in [0.05, 0.1) is 20.3 Å². The van der Waals surface area contributed by atoms with E-state index in [1.54, 1.807) is 7.11 Å². The van der Waals surface area contributed by atoms with Crippen molar-refractivity contribution in [2.45, 2.75) is 6.42 Å². The molecule has 1 heterocycles. The van der Waals surface area contributed by atoms with Gasteiger partial charge in [0.2, 0.25) is 5.91 Å². The molecular weight excluding hydrogens is 244 g/mol. The van der Waals surface area contributed by atoms with Gasteiger partial charge < -0.3 is 20.1 Å². The second-order valence-electron chi connectivity index (χ2n) is 4.64. The summed E-state index contributed by atoms with van der Waals surface area (Å²) in [5.74, 6) is 1.27. The largest absolute Gasteiger partial charge is 0.497 e. The molecule has 1 aliphatic heterocycles. The summed E-state index contributed by atoms with van der Waals surface area (Å²) in [6.07, 6.45) is 1.08. The van der Waals surface area contributed by atoms with Crippen molar-refractivity contribution in [2.24, 2.45) is 5.92 Å². The first kappa shape index (κ1) is 13.8. The van der Waals surface area contributed by atoms with Gasteiger partial charge in [-0.2, -0.15) is 0 Å². The van der Waals surface area contributed by atoms with E-state index in [9.17, 15) is 4.79 Å². The number of hydrogen-bond donors (Lipinski definition) is 2. The Hall–Kier alpha value is -1.59. The van der Waals surface area contributed by atoms with E-state index in [1.165, 1.54) is 0 Å². The lowest BCUT2D eigenvalue weighted by Crippen LogP contribution is -2.31. The molecule has 0 saturated carbocycles. The van der Waals surface area contributed by atoms with E-state index < -0.39 is 0 Å². The maximum absolute atomic E-state index is 11.7. The van der Waals surface area contributed by atoms with Crippen LogP contribution in [0.25, 0.3) is 0 Å². The van der Waals surface area contributed by atoms with E-state index in [-0.39, 0.29) is 5.91 Å². The van der Waals surface area contributed by atoms with Crippen LogP contribution in [0.1, 0.15) is 6.42 Å². The fraction of sp³-hybridized carbons (Fsp3) is 0.500. The predicted molar refractivity (Wildman–Crippen MR) is 73.4 cm³/mol. The summed E-state index contributed by atoms with van der Waals surface area (Å²) in [4.78, 5) is 11.7. The molecule has 1 aromatic carbocycles. The fourth-order valence-electron chi connectivity index (χ4n) is 2.01. The van der Waals surface area contributed by atoms with Crippen molar-refractivity contribution in [2.75, 3.05) is 38.7 Å². The molecule has 104 valence electrons. The maximum atomic E-state index is 11.7. The monoisotopic (exact) mass is 264 g/mol. The van der Waals surface area contributed by atoms with Gasteiger partial charge in [0.1, 0.15) is 5.75 Å². The molecule has 1 saturated heterocycles. The number of methoxy groups -OCH3 is 1. The van der Waals surface area contributed by atoms with Crippen molar-refractivity contribution in [1.29, 1.82) is 0 Å². The molecule has 2 N–H and O–H groups in total. The Labute approximate surface area is 113 Å². The molecule has 1 fully saturated rings. The third-order valence-corrected chi connectivity index (χ3v) is 3.12. The topological polar surface area (TPSA) is 59.6 Å². The number of benzene rings is 1. The van der Waals surface area contributed by atoms with Crippen molar-refractivity contribution < 1.29 is 14.3 Å². The summed E-state index contributed by atoms with van der Waals surface area (Å²) in [6.45, 7) is 2.79. The number of amides is 1. The number of hydrogen-bond acceptors (Lipinski definition) is 4. The van der Waals surface area contributed by atoms with Crippen LogP contribution in [0.2, 0.25) is 0 Å². The summed E-state index contributed by atoms with van der Waals surface area (Å²) >= 11 is 0. The van der Waals surface area contributed by atoms with Crippen molar-refractivity contribution in [3.8, 4) is 5.75 Å². The molecule has 5 nitrogen and oxygen atoms in total. The van der Waals surface area contributed by atoms with E-state index in [0.29, 0.717) is 12.5 Å². The van der Waals surface area contributed by atoms with Crippen molar-refractivity contribution in [3.05, 3.63) is 24.3 Å². The minimum Gasteiger partial charge on any atom is -0.497 e. The van der Waals surface area contributed by atoms with Crippen LogP contribution in [-0.2, 0) is 9.53 Å². The van der Waals surface area contributed by atoms with Gasteiger partial charge in [0.25, 0.3) is 0 Å². The van der Waals surface area contributed by atoms with Crippen molar-refractivity contribution in [1.82, 2.24) is 5.32 Å². The highest BCUT2D eigenvalue weighted by molar-refractivity contribution is 5.92. The molecule has 0 radical (unpaired) electrons. The lowest BCUT2D eigenvalue weighted by Gasteiger charge is -2.10. The molecule has 5 heteroatoms. The predicted octanol–water partition coefficient (Wildman–Crippen LogP) is 1.26. The Morgan fingerprint density at radius 1 is 1.42 bits per heavy atom. The molecule has 1 aromatic rings. The Kier molecular flexibility index (Phi) is 5.18. The van der Waals surface area contributed by atoms with Gasteiger partial charge in [-0.3, -0.25) is 4.79 Å². The zero-order chi connectivity index (χ0) is 13.5. The molecule has 19 heavy (non-hydrogen) atoms. The maximum Gasteiger partial charge on any atom is 0.238 e. The SMILES string of the molecule is COc1ccc(NC(=O)CNCC2CCOC2)cc1. The van der Waals surface area contributed by atoms with E-state index in [1.807, 2.05) is 24.3 Å². The second-order valence-corrected chi connectivity index (χ2v) is 4.64. The van der Waals surface area contributed by atoms with E-state index in [0.717, 1.165) is 37.6 Å². The summed E-state index contributed by atoms with van der Waals surface area (Å²) in [7, 11) is 1.62. The molecule has 1 unspecified atom stereocenters. The third kappa shape index (κ3) is 4.54. The van der Waals surface area contributed by atoms with Gasteiger partial charge >= 0.3 is 0 Å². The van der Waals surface area contributed by atoms with E-state index in [4.69, 9.17) is 9.47 Å². The zero-order valence-corrected chi connectivity index (χ0v) is 11.1. The number of carbonyl (C=O) groups is 1. The number of ether oxygens (including phenoxy) is 2. The van der Waals surface area contributed by atoms with Crippen LogP contribution >= 0.6 is 0 Å². The zero-order valence-electron chi connectivity index (χ0n) is 11.1. The van der Waals surface area contributed by atoms with Crippen LogP contribution in [0.5, 0.6) is 5.75 Å². The van der Waals surface area contributed by atoms with Gasteiger partial charge in [-0.15, -0.1) is 0 Å². The molecule has 0 aromatic heterocycles. The van der Waals surface area contributed by atoms with Crippen molar-refractivity contribution >= 4 is 11.6 Å². The van der Waals surface area contributed by atoms with Gasteiger partial charge in [0.15, 0.2) is 0 Å². The average molecular weight is 264 g/mol. The van der Waals surface area contributed by atoms with E-state index in [2.05, 4.69) is 10.6 Å². The lowest BCUT2D eigenvalue weighted by molar-refractivity contribution is -0.115. The Morgan fingerprint density at radius 2 is 2.21 bits per heavy atom. The third-order valence-electron chi connectivity index (χ3n) is 3.12. The summed E-state index contributed by atoms with van der Waals surface area (Å²) in [6, 6.07) is 7.28. The molecule has 2 rings (SSSR count). The highest BCUT2D eigenvalue weighted by Gasteiger charge is 2.15. The summed E-state index contributed by atoms with van der Waals surface area (Å²) in [5.41, 5.74) is 0.775. The minimum atomic E-state index is -0.0379. The van der Waals surface area contributed by atoms with Gasteiger partial charge in [-0.1, -0.05) is 0 Å². The van der Waals surface area contributed by atoms with Crippen LogP contribution in [0.3, 0.4) is 0 Å². The summed E-state index contributed by atoms with van der Waals surface area (Å²) in [5, 5.41) is 5.98. The Bertz CT molecular complexity index is 400. The highest BCUT2D eigenvalue weighted by atomic mass is 16.5. The molecular formula is C14H20N2O3. The molecule has 0 aliphatic carbocycles.